The van der Waals surface area contributed by atoms with Crippen LogP contribution in [0.4, 0.5) is 5.69 Å². The van der Waals surface area contributed by atoms with E-state index in [0.717, 1.165) is 46.6 Å². The maximum atomic E-state index is 13.2. The quantitative estimate of drug-likeness (QED) is 0.299. The van der Waals surface area contributed by atoms with Crippen molar-refractivity contribution in [1.82, 2.24) is 14.7 Å². The summed E-state index contributed by atoms with van der Waals surface area (Å²) >= 11 is 2.56. The minimum Gasteiger partial charge on any atom is -0.343 e. The fourth-order valence-corrected chi connectivity index (χ4v) is 6.27. The van der Waals surface area contributed by atoms with Gasteiger partial charge in [0, 0.05) is 29.5 Å². The number of rotatable bonds is 6. The second-order valence-corrected chi connectivity index (χ2v) is 12.5. The van der Waals surface area contributed by atoms with Crippen LogP contribution >= 0.6 is 22.9 Å². The molecule has 0 aliphatic heterocycles. The number of aromatic nitrogens is 2. The number of pyridine rings is 1. The molecule has 2 amide bonds. The lowest BCUT2D eigenvalue weighted by atomic mass is 9.71. The number of carbonyl (C=O) groups is 2. The molecule has 1 aliphatic rings. The van der Waals surface area contributed by atoms with Crippen molar-refractivity contribution in [2.45, 2.75) is 46.1 Å². The Morgan fingerprint density at radius 3 is 2.70 bits per heavy atom. The van der Waals surface area contributed by atoms with Crippen LogP contribution in [0.5, 0.6) is 0 Å². The van der Waals surface area contributed by atoms with Crippen molar-refractivity contribution in [3.8, 4) is 0 Å². The number of fused-ring (bicyclic) bond motifs is 2. The van der Waals surface area contributed by atoms with E-state index in [9.17, 15) is 9.59 Å². The third-order valence-corrected chi connectivity index (χ3v) is 8.86. The smallest absolute Gasteiger partial charge is 0.267 e. The van der Waals surface area contributed by atoms with Crippen molar-refractivity contribution in [2.24, 2.45) is 17.1 Å². The van der Waals surface area contributed by atoms with Gasteiger partial charge in [-0.25, -0.2) is 9.36 Å². The number of thiophene rings is 1. The van der Waals surface area contributed by atoms with Crippen LogP contribution in [0.2, 0.25) is 0 Å². The van der Waals surface area contributed by atoms with E-state index in [1.54, 1.807) is 12.3 Å². The van der Waals surface area contributed by atoms with Gasteiger partial charge in [-0.1, -0.05) is 32.9 Å². The molecule has 0 radical (unpaired) electrons. The molecule has 192 valence electrons. The number of amides is 2. The van der Waals surface area contributed by atoms with Crippen LogP contribution in [-0.4, -0.2) is 27.7 Å². The van der Waals surface area contributed by atoms with Gasteiger partial charge in [0.25, 0.3) is 11.8 Å². The first-order valence-corrected chi connectivity index (χ1v) is 14.1. The average molecular weight is 534 g/mol. The average Bonchev–Trinajstić information content (AvgIpc) is 3.55. The summed E-state index contributed by atoms with van der Waals surface area (Å²) in [5.74, 6) is 0.235. The van der Waals surface area contributed by atoms with Crippen molar-refractivity contribution in [1.29, 1.82) is 0 Å². The number of aryl methyl sites for hydroxylation is 1. The van der Waals surface area contributed by atoms with Gasteiger partial charge in [0.1, 0.15) is 9.71 Å². The Labute approximate surface area is 224 Å². The summed E-state index contributed by atoms with van der Waals surface area (Å²) in [6.07, 6.45) is 4.76. The van der Waals surface area contributed by atoms with Crippen molar-refractivity contribution in [3.05, 3.63) is 75.2 Å². The molecule has 0 spiro atoms. The predicted octanol–water partition coefficient (Wildman–Crippen LogP) is 5.59. The maximum absolute atomic E-state index is 13.2. The number of carbonyl (C=O) groups excluding carboxylic acids is 2. The van der Waals surface area contributed by atoms with Crippen molar-refractivity contribution in [3.63, 3.8) is 0 Å². The molecule has 1 aromatic carbocycles. The van der Waals surface area contributed by atoms with Crippen LogP contribution in [0.1, 0.15) is 69.4 Å². The number of nitrogens with zero attached hydrogens (tertiary/aromatic N) is 2. The van der Waals surface area contributed by atoms with Crippen molar-refractivity contribution >= 4 is 50.6 Å². The van der Waals surface area contributed by atoms with Crippen LogP contribution in [0.25, 0.3) is 10.2 Å². The molecule has 37 heavy (non-hydrogen) atoms. The number of hydrogen-bond donors (Lipinski definition) is 3. The van der Waals surface area contributed by atoms with Crippen LogP contribution in [0.15, 0.2) is 48.7 Å². The van der Waals surface area contributed by atoms with Crippen LogP contribution in [0, 0.1) is 11.3 Å². The highest BCUT2D eigenvalue weighted by atomic mass is 32.1. The van der Waals surface area contributed by atoms with Gasteiger partial charge in [0.15, 0.2) is 0 Å². The summed E-state index contributed by atoms with van der Waals surface area (Å²) in [4.78, 5) is 32.6. The van der Waals surface area contributed by atoms with Gasteiger partial charge in [-0.15, -0.1) is 11.3 Å². The molecule has 0 saturated heterocycles. The molecule has 5 rings (SSSR count). The molecule has 4 N–H and O–H groups in total. The highest BCUT2D eigenvalue weighted by Gasteiger charge is 2.30. The number of nitrogens with one attached hydrogen (secondary N) is 2. The molecule has 9 heteroatoms. The fraction of sp³-hybridized carbons (Fsp3) is 0.357. The minimum atomic E-state index is -0.397. The Hall–Kier alpha value is -3.14. The summed E-state index contributed by atoms with van der Waals surface area (Å²) in [5.41, 5.74) is 10.2. The van der Waals surface area contributed by atoms with E-state index < -0.39 is 6.04 Å². The van der Waals surface area contributed by atoms with Gasteiger partial charge in [-0.05, 0) is 83.6 Å². The van der Waals surface area contributed by atoms with Crippen LogP contribution in [0.3, 0.4) is 0 Å². The molecule has 1 aliphatic carbocycles. The maximum Gasteiger partial charge on any atom is 0.267 e. The largest absolute Gasteiger partial charge is 0.343 e. The Balaban J connectivity index is 1.31. The second-order valence-electron chi connectivity index (χ2n) is 10.6. The topological polar surface area (TPSA) is 110 Å². The van der Waals surface area contributed by atoms with Crippen molar-refractivity contribution in [2.75, 3.05) is 11.9 Å². The van der Waals surface area contributed by atoms with Gasteiger partial charge in [-0.2, -0.15) is 0 Å². The summed E-state index contributed by atoms with van der Waals surface area (Å²) in [7, 11) is 0. The zero-order chi connectivity index (χ0) is 26.2. The van der Waals surface area contributed by atoms with Gasteiger partial charge in [0.05, 0.1) is 10.9 Å². The minimum absolute atomic E-state index is 0.178. The Kier molecular flexibility index (Phi) is 7.11. The van der Waals surface area contributed by atoms with Crippen LogP contribution in [-0.2, 0) is 12.8 Å². The molecule has 2 atom stereocenters. The van der Waals surface area contributed by atoms with E-state index in [2.05, 4.69) is 41.8 Å². The first-order chi connectivity index (χ1) is 17.7. The lowest BCUT2D eigenvalue weighted by Gasteiger charge is -2.34. The molecule has 0 bridgehead atoms. The third kappa shape index (κ3) is 5.58. The SMILES string of the molecule is CC(C)(C)[C@@H]1CCc2nc3sc(C(=O)N[C@H](CN)c4cccc(NC(=O)c5ccns5)c4)cc3cc2C1. The standard InChI is InChI=1S/C28H31N5O2S2/c1-28(2,3)19-7-8-21-17(12-19)11-18-14-24(36-27(18)33-21)26(35)32-22(15-29)16-5-4-6-20(13-16)31-25(34)23-9-10-30-37-23/h4-6,9-11,13-14,19,22H,7-8,12,15,29H2,1-3H3,(H,31,34)(H,32,35)/t19-,22-/m1/s1. The summed E-state index contributed by atoms with van der Waals surface area (Å²) in [5, 5.41) is 6.95. The van der Waals surface area contributed by atoms with Gasteiger partial charge in [0.2, 0.25) is 0 Å². The van der Waals surface area contributed by atoms with E-state index in [-0.39, 0.29) is 23.8 Å². The molecule has 4 aromatic rings. The monoisotopic (exact) mass is 533 g/mol. The molecule has 0 unspecified atom stereocenters. The highest BCUT2D eigenvalue weighted by Crippen LogP contribution is 2.38. The summed E-state index contributed by atoms with van der Waals surface area (Å²) in [6, 6.07) is 12.8. The zero-order valence-corrected chi connectivity index (χ0v) is 22.8. The molecule has 0 saturated carbocycles. The molecular weight excluding hydrogens is 502 g/mol. The molecule has 3 heterocycles. The van der Waals surface area contributed by atoms with E-state index in [1.807, 2.05) is 30.3 Å². The Bertz CT molecular complexity index is 1440. The van der Waals surface area contributed by atoms with Gasteiger partial charge in [-0.3, -0.25) is 9.59 Å². The summed E-state index contributed by atoms with van der Waals surface area (Å²) < 4.78 is 3.97. The molecular formula is C28H31N5O2S2. The summed E-state index contributed by atoms with van der Waals surface area (Å²) in [6.45, 7) is 7.14. The molecule has 7 nitrogen and oxygen atoms in total. The van der Waals surface area contributed by atoms with Gasteiger partial charge < -0.3 is 16.4 Å². The lowest BCUT2D eigenvalue weighted by Crippen LogP contribution is -2.33. The molecule has 0 fully saturated rings. The lowest BCUT2D eigenvalue weighted by molar-refractivity contribution is 0.0941. The normalized spacial score (nSPS) is 16.3. The van der Waals surface area contributed by atoms with E-state index in [0.29, 0.717) is 21.4 Å². The Morgan fingerprint density at radius 1 is 1.14 bits per heavy atom. The van der Waals surface area contributed by atoms with E-state index in [4.69, 9.17) is 10.7 Å². The van der Waals surface area contributed by atoms with Crippen molar-refractivity contribution < 1.29 is 9.59 Å². The fourth-order valence-electron chi connectivity index (χ4n) is 4.84. The van der Waals surface area contributed by atoms with E-state index >= 15 is 0 Å². The Morgan fingerprint density at radius 2 is 1.97 bits per heavy atom. The number of benzene rings is 1. The first-order valence-electron chi connectivity index (χ1n) is 12.5. The number of anilines is 1. The van der Waals surface area contributed by atoms with E-state index in [1.165, 1.54) is 22.6 Å². The van der Waals surface area contributed by atoms with Crippen LogP contribution < -0.4 is 16.4 Å². The first kappa shape index (κ1) is 25.5. The molecule has 3 aromatic heterocycles. The zero-order valence-electron chi connectivity index (χ0n) is 21.2. The van der Waals surface area contributed by atoms with Gasteiger partial charge >= 0.3 is 0 Å². The number of nitrogens with two attached hydrogens (primary N) is 1. The third-order valence-electron chi connectivity index (χ3n) is 7.07. The second kappa shape index (κ2) is 10.3. The predicted molar refractivity (Wildman–Crippen MR) is 150 cm³/mol. The highest BCUT2D eigenvalue weighted by molar-refractivity contribution is 7.20. The number of hydrogen-bond acceptors (Lipinski definition) is 7.